The van der Waals surface area contributed by atoms with E-state index in [1.165, 1.54) is 5.12 Å². The fraction of sp³-hybridized carbons (Fsp3) is 0.500. The number of hydrazine groups is 2. The number of rotatable bonds is 8. The molecule has 4 N–H and O–H groups in total. The molecular weight excluding hydrogens is 336 g/mol. The Hall–Kier alpha value is -1.15. The third-order valence-corrected chi connectivity index (χ3v) is 3.55. The van der Waals surface area contributed by atoms with Crippen LogP contribution in [0.1, 0.15) is 29.8 Å². The molecule has 0 unspecified atom stereocenters. The molecule has 7 heteroatoms. The van der Waals surface area contributed by atoms with Gasteiger partial charge in [0.05, 0.1) is 6.61 Å². The molecule has 0 atom stereocenters. The number of nitrogen functional groups attached to an aromatic ring is 1. The first-order valence-electron chi connectivity index (χ1n) is 6.93. The second kappa shape index (κ2) is 8.99. The SMILES string of the molecule is CCNN(NCC)C(=O)c1cc(Br)c(N)cc1CCOC. The highest BCUT2D eigenvalue weighted by atomic mass is 79.9. The van der Waals surface area contributed by atoms with Gasteiger partial charge in [-0.2, -0.15) is 0 Å². The predicted molar refractivity (Wildman–Crippen MR) is 87.7 cm³/mol. The molecule has 1 aromatic rings. The summed E-state index contributed by atoms with van der Waals surface area (Å²) in [5.74, 6) is -0.148. The zero-order valence-electron chi connectivity index (χ0n) is 12.7. The van der Waals surface area contributed by atoms with Crippen LogP contribution in [-0.2, 0) is 11.2 Å². The largest absolute Gasteiger partial charge is 0.398 e. The summed E-state index contributed by atoms with van der Waals surface area (Å²) in [5.41, 5.74) is 14.0. The van der Waals surface area contributed by atoms with Crippen molar-refractivity contribution < 1.29 is 9.53 Å². The van der Waals surface area contributed by atoms with E-state index < -0.39 is 0 Å². The van der Waals surface area contributed by atoms with Gasteiger partial charge in [-0.15, -0.1) is 0 Å². The van der Waals surface area contributed by atoms with Gasteiger partial charge in [-0.1, -0.05) is 13.8 Å². The van der Waals surface area contributed by atoms with Crippen LogP contribution >= 0.6 is 15.9 Å². The molecule has 1 aromatic carbocycles. The number of nitrogens with zero attached hydrogens (tertiary/aromatic N) is 1. The summed E-state index contributed by atoms with van der Waals surface area (Å²) < 4.78 is 5.81. The van der Waals surface area contributed by atoms with Crippen LogP contribution in [0.4, 0.5) is 5.69 Å². The molecule has 0 saturated heterocycles. The first-order valence-corrected chi connectivity index (χ1v) is 7.72. The van der Waals surface area contributed by atoms with Crippen LogP contribution in [0.3, 0.4) is 0 Å². The smallest absolute Gasteiger partial charge is 0.283 e. The lowest BCUT2D eigenvalue weighted by atomic mass is 10.0. The highest BCUT2D eigenvalue weighted by Gasteiger charge is 2.19. The topological polar surface area (TPSA) is 79.6 Å². The third-order valence-electron chi connectivity index (χ3n) is 2.86. The van der Waals surface area contributed by atoms with E-state index in [-0.39, 0.29) is 5.91 Å². The summed E-state index contributed by atoms with van der Waals surface area (Å²) in [6, 6.07) is 3.57. The summed E-state index contributed by atoms with van der Waals surface area (Å²) in [5, 5.41) is 1.41. The Morgan fingerprint density at radius 2 is 1.95 bits per heavy atom. The van der Waals surface area contributed by atoms with Crippen LogP contribution in [0.25, 0.3) is 0 Å². The lowest BCUT2D eigenvalue weighted by Crippen LogP contribution is -2.51. The molecule has 1 amide bonds. The number of anilines is 1. The van der Waals surface area contributed by atoms with Gasteiger partial charge in [0.15, 0.2) is 0 Å². The molecule has 6 nitrogen and oxygen atoms in total. The van der Waals surface area contributed by atoms with Crippen molar-refractivity contribution in [1.82, 2.24) is 16.0 Å². The monoisotopic (exact) mass is 358 g/mol. The Kier molecular flexibility index (Phi) is 7.66. The molecule has 0 aliphatic rings. The van der Waals surface area contributed by atoms with E-state index in [4.69, 9.17) is 10.5 Å². The van der Waals surface area contributed by atoms with Gasteiger partial charge in [-0.25, -0.2) is 16.0 Å². The molecule has 0 radical (unpaired) electrons. The van der Waals surface area contributed by atoms with Crippen molar-refractivity contribution in [3.8, 4) is 0 Å². The molecule has 118 valence electrons. The summed E-state index contributed by atoms with van der Waals surface area (Å²) in [6.45, 7) is 5.68. The van der Waals surface area contributed by atoms with Crippen LogP contribution in [0, 0.1) is 0 Å². The number of halogens is 1. The van der Waals surface area contributed by atoms with Gasteiger partial charge in [-0.3, -0.25) is 4.79 Å². The standard InChI is InChI=1S/C14H23BrN4O2/c1-4-17-19(18-5-2)14(20)11-9-12(15)13(16)8-10(11)6-7-21-3/h8-9,17-18H,4-7,16H2,1-3H3. The van der Waals surface area contributed by atoms with Gasteiger partial charge in [0.25, 0.3) is 5.91 Å². The van der Waals surface area contributed by atoms with Crippen LogP contribution in [0.2, 0.25) is 0 Å². The van der Waals surface area contributed by atoms with E-state index in [2.05, 4.69) is 26.8 Å². The van der Waals surface area contributed by atoms with Gasteiger partial charge < -0.3 is 10.5 Å². The Labute approximate surface area is 134 Å². The zero-order valence-corrected chi connectivity index (χ0v) is 14.3. The summed E-state index contributed by atoms with van der Waals surface area (Å²) in [7, 11) is 1.63. The highest BCUT2D eigenvalue weighted by molar-refractivity contribution is 9.10. The second-order valence-electron chi connectivity index (χ2n) is 4.44. The minimum absolute atomic E-state index is 0.148. The van der Waals surface area contributed by atoms with Crippen molar-refractivity contribution in [1.29, 1.82) is 0 Å². The second-order valence-corrected chi connectivity index (χ2v) is 5.29. The fourth-order valence-electron chi connectivity index (χ4n) is 1.89. The Bertz CT molecular complexity index is 476. The van der Waals surface area contributed by atoms with Crippen LogP contribution < -0.4 is 16.6 Å². The van der Waals surface area contributed by atoms with Gasteiger partial charge in [0, 0.05) is 35.9 Å². The van der Waals surface area contributed by atoms with Gasteiger partial charge >= 0.3 is 0 Å². The molecule has 0 spiro atoms. The number of amides is 1. The van der Waals surface area contributed by atoms with E-state index in [0.29, 0.717) is 41.8 Å². The average Bonchev–Trinajstić information content (AvgIpc) is 2.47. The Morgan fingerprint density at radius 3 is 2.48 bits per heavy atom. The van der Waals surface area contributed by atoms with E-state index in [0.717, 1.165) is 5.56 Å². The summed E-state index contributed by atoms with van der Waals surface area (Å²) in [6.07, 6.45) is 0.626. The minimum Gasteiger partial charge on any atom is -0.398 e. The van der Waals surface area contributed by atoms with Crippen LogP contribution in [0.5, 0.6) is 0 Å². The normalized spacial score (nSPS) is 10.7. The maximum atomic E-state index is 12.7. The van der Waals surface area contributed by atoms with Gasteiger partial charge in [0.2, 0.25) is 0 Å². The molecule has 0 bridgehead atoms. The number of carbonyl (C=O) groups excluding carboxylic acids is 1. The number of benzene rings is 1. The number of nitrogens with two attached hydrogens (primary N) is 1. The third kappa shape index (κ3) is 4.96. The van der Waals surface area contributed by atoms with E-state index in [1.54, 1.807) is 13.2 Å². The first-order chi connectivity index (χ1) is 10.0. The number of nitrogens with one attached hydrogen (secondary N) is 2. The summed E-state index contributed by atoms with van der Waals surface area (Å²) in [4.78, 5) is 12.7. The molecule has 0 aromatic heterocycles. The Morgan fingerprint density at radius 1 is 1.33 bits per heavy atom. The van der Waals surface area contributed by atoms with E-state index >= 15 is 0 Å². The van der Waals surface area contributed by atoms with Crippen molar-refractivity contribution in [3.05, 3.63) is 27.7 Å². The van der Waals surface area contributed by atoms with Gasteiger partial charge in [0.1, 0.15) is 0 Å². The Balaban J connectivity index is 3.12. The average molecular weight is 359 g/mol. The molecular formula is C14H23BrN4O2. The lowest BCUT2D eigenvalue weighted by molar-refractivity contribution is 0.0526. The molecule has 1 rings (SSSR count). The number of ether oxygens (including phenoxy) is 1. The molecule has 0 aliphatic heterocycles. The van der Waals surface area contributed by atoms with Crippen LogP contribution in [-0.4, -0.2) is 37.8 Å². The molecule has 0 fully saturated rings. The molecule has 21 heavy (non-hydrogen) atoms. The lowest BCUT2D eigenvalue weighted by Gasteiger charge is -2.24. The van der Waals surface area contributed by atoms with E-state index in [9.17, 15) is 4.79 Å². The van der Waals surface area contributed by atoms with E-state index in [1.807, 2.05) is 19.9 Å². The minimum atomic E-state index is -0.148. The summed E-state index contributed by atoms with van der Waals surface area (Å²) >= 11 is 3.38. The molecule has 0 aliphatic carbocycles. The maximum Gasteiger partial charge on any atom is 0.283 e. The number of methoxy groups -OCH3 is 1. The van der Waals surface area contributed by atoms with Crippen molar-refractivity contribution in [2.24, 2.45) is 0 Å². The van der Waals surface area contributed by atoms with Crippen molar-refractivity contribution >= 4 is 27.5 Å². The van der Waals surface area contributed by atoms with Crippen molar-refractivity contribution in [2.45, 2.75) is 20.3 Å². The number of hydrogen-bond donors (Lipinski definition) is 3. The predicted octanol–water partition coefficient (Wildman–Crippen LogP) is 1.71. The molecule has 0 heterocycles. The first kappa shape index (κ1) is 17.9. The maximum absolute atomic E-state index is 12.7. The van der Waals surface area contributed by atoms with Crippen LogP contribution in [0.15, 0.2) is 16.6 Å². The molecule has 0 saturated carbocycles. The highest BCUT2D eigenvalue weighted by Crippen LogP contribution is 2.25. The van der Waals surface area contributed by atoms with Gasteiger partial charge in [-0.05, 0) is 40.0 Å². The van der Waals surface area contributed by atoms with Crippen molar-refractivity contribution in [3.63, 3.8) is 0 Å². The fourth-order valence-corrected chi connectivity index (χ4v) is 2.23. The quantitative estimate of drug-likeness (QED) is 0.487. The number of hydrogen-bond acceptors (Lipinski definition) is 5. The van der Waals surface area contributed by atoms with Crippen molar-refractivity contribution in [2.75, 3.05) is 32.5 Å². The number of carbonyl (C=O) groups is 1. The zero-order chi connectivity index (χ0) is 15.8.